The maximum atomic E-state index is 11.5. The minimum atomic E-state index is -0.972. The van der Waals surface area contributed by atoms with Crippen molar-refractivity contribution in [2.75, 3.05) is 18.6 Å². The first-order chi connectivity index (χ1) is 13.9. The summed E-state index contributed by atoms with van der Waals surface area (Å²) in [4.78, 5) is 15.4. The number of fused-ring (bicyclic) bond motifs is 1. The number of nitrogens with zero attached hydrogens (tertiary/aromatic N) is 1. The summed E-state index contributed by atoms with van der Waals surface area (Å²) >= 11 is 1.91. The van der Waals surface area contributed by atoms with Gasteiger partial charge in [-0.1, -0.05) is 41.5 Å². The summed E-state index contributed by atoms with van der Waals surface area (Å²) in [5.41, 5.74) is 4.36. The SMILES string of the molecule is COc1cc(N(CC(C)C)c2sc3c(c2C)C(C)(C)CCC3(C)C)ccc1C(=O)O. The van der Waals surface area contributed by atoms with Crippen LogP contribution >= 0.6 is 11.3 Å². The molecule has 0 bridgehead atoms. The lowest BCUT2D eigenvalue weighted by Crippen LogP contribution is -2.32. The third-order valence-electron chi connectivity index (χ3n) is 6.31. The highest BCUT2D eigenvalue weighted by molar-refractivity contribution is 7.16. The van der Waals surface area contributed by atoms with Crippen molar-refractivity contribution < 1.29 is 14.6 Å². The first-order valence-corrected chi connectivity index (χ1v) is 11.5. The first-order valence-electron chi connectivity index (χ1n) is 10.7. The second-order valence-electron chi connectivity index (χ2n) is 10.2. The lowest BCUT2D eigenvalue weighted by molar-refractivity contribution is 0.0693. The number of benzene rings is 1. The van der Waals surface area contributed by atoms with Crippen LogP contribution in [0.1, 0.15) is 80.7 Å². The smallest absolute Gasteiger partial charge is 0.339 e. The van der Waals surface area contributed by atoms with Gasteiger partial charge < -0.3 is 14.7 Å². The Morgan fingerprint density at radius 2 is 1.83 bits per heavy atom. The Morgan fingerprint density at radius 1 is 1.20 bits per heavy atom. The molecule has 164 valence electrons. The monoisotopic (exact) mass is 429 g/mol. The summed E-state index contributed by atoms with van der Waals surface area (Å²) in [5, 5.41) is 10.7. The third-order valence-corrected chi connectivity index (χ3v) is 7.99. The van der Waals surface area contributed by atoms with Crippen molar-refractivity contribution >= 4 is 28.0 Å². The van der Waals surface area contributed by atoms with E-state index in [0.29, 0.717) is 11.7 Å². The van der Waals surface area contributed by atoms with E-state index in [1.54, 1.807) is 6.07 Å². The molecule has 1 aromatic carbocycles. The minimum absolute atomic E-state index is 0.165. The minimum Gasteiger partial charge on any atom is -0.496 e. The van der Waals surface area contributed by atoms with Crippen molar-refractivity contribution in [2.24, 2.45) is 5.92 Å². The highest BCUT2D eigenvalue weighted by Crippen LogP contribution is 2.54. The Balaban J connectivity index is 2.20. The van der Waals surface area contributed by atoms with E-state index in [-0.39, 0.29) is 16.4 Å². The Bertz CT molecular complexity index is 956. The number of hydrogen-bond acceptors (Lipinski definition) is 4. The number of anilines is 2. The van der Waals surface area contributed by atoms with Crippen LogP contribution in [0.15, 0.2) is 18.2 Å². The molecule has 1 heterocycles. The molecule has 1 aromatic heterocycles. The van der Waals surface area contributed by atoms with Gasteiger partial charge in [0, 0.05) is 23.2 Å². The molecule has 0 saturated heterocycles. The van der Waals surface area contributed by atoms with Crippen LogP contribution in [0.4, 0.5) is 10.7 Å². The molecule has 1 aliphatic rings. The Labute approximate surface area is 184 Å². The van der Waals surface area contributed by atoms with Crippen LogP contribution in [0, 0.1) is 12.8 Å². The molecule has 5 heteroatoms. The van der Waals surface area contributed by atoms with Crippen molar-refractivity contribution in [1.29, 1.82) is 0 Å². The molecule has 2 aromatic rings. The third kappa shape index (κ3) is 3.96. The summed E-state index contributed by atoms with van der Waals surface area (Å²) in [6.07, 6.45) is 2.38. The van der Waals surface area contributed by atoms with E-state index in [1.807, 2.05) is 23.5 Å². The van der Waals surface area contributed by atoms with E-state index in [2.05, 4.69) is 53.4 Å². The van der Waals surface area contributed by atoms with Crippen LogP contribution in [-0.4, -0.2) is 24.7 Å². The molecule has 0 spiro atoms. The largest absolute Gasteiger partial charge is 0.496 e. The average Bonchev–Trinajstić information content (AvgIpc) is 3.02. The van der Waals surface area contributed by atoms with E-state index < -0.39 is 5.97 Å². The fourth-order valence-corrected chi connectivity index (χ4v) is 6.26. The van der Waals surface area contributed by atoms with Crippen LogP contribution in [0.25, 0.3) is 0 Å². The van der Waals surface area contributed by atoms with Crippen LogP contribution < -0.4 is 9.64 Å². The van der Waals surface area contributed by atoms with Crippen molar-refractivity contribution in [2.45, 2.75) is 72.1 Å². The van der Waals surface area contributed by atoms with Gasteiger partial charge in [0.15, 0.2) is 0 Å². The van der Waals surface area contributed by atoms with Gasteiger partial charge in [-0.25, -0.2) is 4.79 Å². The van der Waals surface area contributed by atoms with Crippen LogP contribution in [-0.2, 0) is 10.8 Å². The molecule has 0 atom stereocenters. The maximum absolute atomic E-state index is 11.5. The van der Waals surface area contributed by atoms with Crippen LogP contribution in [0.3, 0.4) is 0 Å². The zero-order valence-corrected chi connectivity index (χ0v) is 20.4. The number of carboxylic acid groups (broad SMARTS) is 1. The van der Waals surface area contributed by atoms with E-state index in [4.69, 9.17) is 4.74 Å². The maximum Gasteiger partial charge on any atom is 0.339 e. The van der Waals surface area contributed by atoms with Gasteiger partial charge >= 0.3 is 5.97 Å². The second kappa shape index (κ2) is 7.92. The van der Waals surface area contributed by atoms with Gasteiger partial charge in [0.25, 0.3) is 0 Å². The van der Waals surface area contributed by atoms with Crippen molar-refractivity contribution in [1.82, 2.24) is 0 Å². The molecule has 30 heavy (non-hydrogen) atoms. The van der Waals surface area contributed by atoms with Crippen molar-refractivity contribution in [3.05, 3.63) is 39.8 Å². The molecule has 0 aliphatic heterocycles. The Kier molecular flexibility index (Phi) is 5.98. The lowest BCUT2D eigenvalue weighted by atomic mass is 9.66. The summed E-state index contributed by atoms with van der Waals surface area (Å²) in [5.74, 6) is -0.122. The molecule has 3 rings (SSSR count). The lowest BCUT2D eigenvalue weighted by Gasteiger charge is -2.39. The van der Waals surface area contributed by atoms with E-state index in [9.17, 15) is 9.90 Å². The number of hydrogen-bond donors (Lipinski definition) is 1. The zero-order chi connectivity index (χ0) is 22.4. The normalized spacial score (nSPS) is 17.0. The number of aromatic carboxylic acids is 1. The predicted octanol–water partition coefficient (Wildman–Crippen LogP) is 6.91. The fraction of sp³-hybridized carbons (Fsp3) is 0.560. The van der Waals surface area contributed by atoms with Crippen molar-refractivity contribution in [3.8, 4) is 5.75 Å². The summed E-state index contributed by atoms with van der Waals surface area (Å²) in [7, 11) is 1.53. The molecule has 0 unspecified atom stereocenters. The summed E-state index contributed by atoms with van der Waals surface area (Å²) in [6, 6.07) is 5.42. The van der Waals surface area contributed by atoms with Gasteiger partial charge in [0.1, 0.15) is 11.3 Å². The average molecular weight is 430 g/mol. The zero-order valence-electron chi connectivity index (χ0n) is 19.5. The van der Waals surface area contributed by atoms with E-state index in [1.165, 1.54) is 41.0 Å². The Morgan fingerprint density at radius 3 is 2.37 bits per heavy atom. The van der Waals surface area contributed by atoms with Gasteiger partial charge in [-0.05, 0) is 59.8 Å². The topological polar surface area (TPSA) is 49.8 Å². The van der Waals surface area contributed by atoms with Crippen molar-refractivity contribution in [3.63, 3.8) is 0 Å². The molecular weight excluding hydrogens is 394 g/mol. The molecule has 0 radical (unpaired) electrons. The van der Waals surface area contributed by atoms with Gasteiger partial charge in [0.05, 0.1) is 12.1 Å². The molecule has 0 saturated carbocycles. The standard InChI is InChI=1S/C25H35NO3S/c1-15(2)14-26(17-9-10-18(23(27)28)19(13-17)29-8)22-16(3)20-21(30-22)25(6,7)12-11-24(20,4)5/h9-10,13,15H,11-12,14H2,1-8H3,(H,27,28). The molecule has 1 N–H and O–H groups in total. The molecule has 4 nitrogen and oxygen atoms in total. The number of rotatable bonds is 6. The van der Waals surface area contributed by atoms with Gasteiger partial charge in [-0.3, -0.25) is 0 Å². The van der Waals surface area contributed by atoms with Gasteiger partial charge in [-0.2, -0.15) is 0 Å². The Hall–Kier alpha value is -2.01. The second-order valence-corrected chi connectivity index (χ2v) is 11.2. The number of thiophene rings is 1. The molecule has 0 amide bonds. The fourth-order valence-electron chi connectivity index (χ4n) is 4.61. The number of carboxylic acids is 1. The quantitative estimate of drug-likeness (QED) is 0.542. The van der Waals surface area contributed by atoms with Crippen LogP contribution in [0.5, 0.6) is 5.75 Å². The highest BCUT2D eigenvalue weighted by Gasteiger charge is 2.41. The highest BCUT2D eigenvalue weighted by atomic mass is 32.1. The van der Waals surface area contributed by atoms with Gasteiger partial charge in [-0.15, -0.1) is 11.3 Å². The first kappa shape index (κ1) is 22.7. The summed E-state index contributed by atoms with van der Waals surface area (Å²) < 4.78 is 5.41. The molecule has 0 fully saturated rings. The molecule has 1 aliphatic carbocycles. The summed E-state index contributed by atoms with van der Waals surface area (Å²) in [6.45, 7) is 17.0. The number of carbonyl (C=O) groups is 1. The number of methoxy groups -OCH3 is 1. The van der Waals surface area contributed by atoms with Crippen LogP contribution in [0.2, 0.25) is 0 Å². The van der Waals surface area contributed by atoms with E-state index in [0.717, 1.165) is 12.2 Å². The number of ether oxygens (including phenoxy) is 1. The predicted molar refractivity (Wildman–Crippen MR) is 126 cm³/mol. The molecular formula is C25H35NO3S. The van der Waals surface area contributed by atoms with Gasteiger partial charge in [0.2, 0.25) is 0 Å². The van der Waals surface area contributed by atoms with E-state index >= 15 is 0 Å².